The Hall–Kier alpha value is -2.98. The summed E-state index contributed by atoms with van der Waals surface area (Å²) in [6.45, 7) is 6.89. The van der Waals surface area contributed by atoms with Crippen molar-refractivity contribution in [2.75, 3.05) is 26.4 Å². The van der Waals surface area contributed by atoms with Crippen molar-refractivity contribution >= 4 is 15.6 Å². The molecule has 0 aliphatic carbocycles. The van der Waals surface area contributed by atoms with Crippen LogP contribution in [-0.4, -0.2) is 37.6 Å². The van der Waals surface area contributed by atoms with Crippen molar-refractivity contribution in [1.29, 1.82) is 0 Å². The smallest absolute Gasteiger partial charge is 0.394 e. The lowest BCUT2D eigenvalue weighted by molar-refractivity contribution is 0.00609. The SMILES string of the molecule is CCOCCC(C)C.O=P(OCc1ccccc1)(OCc1ccccc1)OCC(CO)OP(=O)(OCc1ccccc1)OCc1ccccc1. The van der Waals surface area contributed by atoms with E-state index in [0.717, 1.165) is 41.4 Å². The molecule has 1 unspecified atom stereocenters. The van der Waals surface area contributed by atoms with E-state index in [4.69, 9.17) is 31.9 Å². The second-order valence-electron chi connectivity index (χ2n) is 11.5. The van der Waals surface area contributed by atoms with E-state index < -0.39 is 35.0 Å². The van der Waals surface area contributed by atoms with Gasteiger partial charge in [0.25, 0.3) is 0 Å². The van der Waals surface area contributed by atoms with Crippen LogP contribution < -0.4 is 0 Å². The highest BCUT2D eigenvalue weighted by Gasteiger charge is 2.34. The summed E-state index contributed by atoms with van der Waals surface area (Å²) in [6, 6.07) is 36.5. The van der Waals surface area contributed by atoms with Gasteiger partial charge in [0.15, 0.2) is 0 Å². The number of phosphoric ester groups is 2. The summed E-state index contributed by atoms with van der Waals surface area (Å²) >= 11 is 0. The third-order valence-electron chi connectivity index (χ3n) is 6.87. The Kier molecular flexibility index (Phi) is 19.5. The first kappa shape index (κ1) is 41.4. The molecule has 4 aromatic carbocycles. The highest BCUT2D eigenvalue weighted by Crippen LogP contribution is 2.54. The van der Waals surface area contributed by atoms with Gasteiger partial charge in [-0.2, -0.15) is 0 Å². The highest BCUT2D eigenvalue weighted by molar-refractivity contribution is 7.48. The van der Waals surface area contributed by atoms with Crippen LogP contribution in [0.2, 0.25) is 0 Å². The van der Waals surface area contributed by atoms with Crippen LogP contribution in [0.1, 0.15) is 49.4 Å². The Morgan fingerprint density at radius 1 is 0.560 bits per heavy atom. The first-order chi connectivity index (χ1) is 24.2. The number of phosphoric acid groups is 2. The van der Waals surface area contributed by atoms with E-state index in [1.54, 1.807) is 24.3 Å². The largest absolute Gasteiger partial charge is 0.475 e. The van der Waals surface area contributed by atoms with E-state index in [-0.39, 0.29) is 26.4 Å². The molecule has 0 bridgehead atoms. The van der Waals surface area contributed by atoms with Crippen molar-refractivity contribution in [3.8, 4) is 0 Å². The van der Waals surface area contributed by atoms with Crippen molar-refractivity contribution < 1.29 is 46.1 Å². The third-order valence-corrected chi connectivity index (χ3v) is 9.68. The van der Waals surface area contributed by atoms with Crippen LogP contribution >= 0.6 is 15.6 Å². The summed E-state index contributed by atoms with van der Waals surface area (Å²) in [5.74, 6) is 0.779. The van der Waals surface area contributed by atoms with Crippen LogP contribution in [0.15, 0.2) is 121 Å². The molecule has 50 heavy (non-hydrogen) atoms. The van der Waals surface area contributed by atoms with Gasteiger partial charge in [-0.15, -0.1) is 0 Å². The van der Waals surface area contributed by atoms with Crippen LogP contribution in [0.25, 0.3) is 0 Å². The van der Waals surface area contributed by atoms with E-state index in [2.05, 4.69) is 13.8 Å². The number of hydrogen-bond acceptors (Lipinski definition) is 10. The molecule has 10 nitrogen and oxygen atoms in total. The molecule has 0 aromatic heterocycles. The molecule has 1 atom stereocenters. The van der Waals surface area contributed by atoms with Gasteiger partial charge in [0, 0.05) is 13.2 Å². The average molecular weight is 729 g/mol. The maximum atomic E-state index is 13.7. The minimum absolute atomic E-state index is 0.0452. The minimum atomic E-state index is -4.24. The third kappa shape index (κ3) is 17.3. The molecule has 0 radical (unpaired) electrons. The Labute approximate surface area is 296 Å². The van der Waals surface area contributed by atoms with Crippen LogP contribution in [-0.2, 0) is 67.4 Å². The lowest BCUT2D eigenvalue weighted by atomic mass is 10.1. The lowest BCUT2D eigenvalue weighted by Crippen LogP contribution is -2.24. The number of ether oxygens (including phenoxy) is 1. The van der Waals surface area contributed by atoms with E-state index in [1.165, 1.54) is 6.42 Å². The van der Waals surface area contributed by atoms with Crippen LogP contribution in [0.3, 0.4) is 0 Å². The van der Waals surface area contributed by atoms with E-state index in [1.807, 2.05) is 104 Å². The fourth-order valence-corrected chi connectivity index (χ4v) is 6.55. The van der Waals surface area contributed by atoms with Gasteiger partial charge in [-0.05, 0) is 41.5 Å². The van der Waals surface area contributed by atoms with Crippen molar-refractivity contribution in [3.63, 3.8) is 0 Å². The molecule has 272 valence electrons. The van der Waals surface area contributed by atoms with Gasteiger partial charge in [0.2, 0.25) is 0 Å². The van der Waals surface area contributed by atoms with Crippen molar-refractivity contribution in [2.45, 2.75) is 59.7 Å². The van der Waals surface area contributed by atoms with Gasteiger partial charge in [-0.1, -0.05) is 135 Å². The molecule has 0 amide bonds. The standard InChI is InChI=1S/C31H34O9P2.C7H16O/c32-21-31(40-42(34,37-24-29-17-9-3-10-18-29)38-25-30-19-11-4-12-20-30)26-39-41(33,35-22-27-13-5-1-6-14-27)36-23-28-15-7-2-8-16-28;1-4-8-6-5-7(2)3/h1-20,31-32H,21-26H2;7H,4-6H2,1-3H3. The number of aliphatic hydroxyl groups is 1. The summed E-state index contributed by atoms with van der Waals surface area (Å²) in [4.78, 5) is 0. The van der Waals surface area contributed by atoms with Gasteiger partial charge in [-0.25, -0.2) is 9.13 Å². The molecule has 4 aromatic rings. The molecule has 1 N–H and O–H groups in total. The Balaban J connectivity index is 0.000000753. The first-order valence-electron chi connectivity index (χ1n) is 16.7. The van der Waals surface area contributed by atoms with Gasteiger partial charge >= 0.3 is 15.6 Å². The van der Waals surface area contributed by atoms with Gasteiger partial charge < -0.3 is 9.84 Å². The van der Waals surface area contributed by atoms with Crippen LogP contribution in [0.5, 0.6) is 0 Å². The fraction of sp³-hybridized carbons (Fsp3) is 0.368. The maximum Gasteiger partial charge on any atom is 0.475 e. The fourth-order valence-electron chi connectivity index (χ4n) is 4.06. The van der Waals surface area contributed by atoms with Crippen LogP contribution in [0, 0.1) is 5.92 Å². The van der Waals surface area contributed by atoms with Crippen molar-refractivity contribution in [1.82, 2.24) is 0 Å². The lowest BCUT2D eigenvalue weighted by Gasteiger charge is -2.25. The average Bonchev–Trinajstić information content (AvgIpc) is 3.15. The molecule has 4 rings (SSSR count). The van der Waals surface area contributed by atoms with Gasteiger partial charge in [0.05, 0.1) is 39.6 Å². The second kappa shape index (κ2) is 23.5. The molecule has 0 heterocycles. The molecular formula is C38H50O10P2. The zero-order valence-corrected chi connectivity index (χ0v) is 30.9. The first-order valence-corrected chi connectivity index (χ1v) is 19.6. The molecule has 0 aliphatic heterocycles. The van der Waals surface area contributed by atoms with E-state index in [9.17, 15) is 14.2 Å². The zero-order chi connectivity index (χ0) is 35.9. The molecular weight excluding hydrogens is 678 g/mol. The van der Waals surface area contributed by atoms with E-state index >= 15 is 0 Å². The monoisotopic (exact) mass is 728 g/mol. The summed E-state index contributed by atoms with van der Waals surface area (Å²) in [6.07, 6.45) is -0.0512. The maximum absolute atomic E-state index is 13.7. The molecule has 0 saturated heterocycles. The minimum Gasteiger partial charge on any atom is -0.394 e. The molecule has 0 spiro atoms. The van der Waals surface area contributed by atoms with Crippen molar-refractivity contribution in [2.24, 2.45) is 5.92 Å². The van der Waals surface area contributed by atoms with Crippen LogP contribution in [0.4, 0.5) is 0 Å². The molecule has 0 aliphatic rings. The quantitative estimate of drug-likeness (QED) is 0.0619. The zero-order valence-electron chi connectivity index (χ0n) is 29.1. The number of hydrogen-bond donors (Lipinski definition) is 1. The Morgan fingerprint density at radius 2 is 0.920 bits per heavy atom. The predicted octanol–water partition coefficient (Wildman–Crippen LogP) is 9.53. The molecule has 0 fully saturated rings. The van der Waals surface area contributed by atoms with Gasteiger partial charge in [-0.3, -0.25) is 27.1 Å². The summed E-state index contributed by atoms with van der Waals surface area (Å²) in [7, 11) is -8.41. The normalized spacial score (nSPS) is 12.3. The Bertz CT molecular complexity index is 1430. The summed E-state index contributed by atoms with van der Waals surface area (Å²) < 4.78 is 66.2. The molecule has 0 saturated carbocycles. The number of rotatable bonds is 22. The highest BCUT2D eigenvalue weighted by atomic mass is 31.2. The van der Waals surface area contributed by atoms with Gasteiger partial charge in [0.1, 0.15) is 6.10 Å². The molecule has 12 heteroatoms. The van der Waals surface area contributed by atoms with E-state index in [0.29, 0.717) is 0 Å². The topological polar surface area (TPSA) is 119 Å². The summed E-state index contributed by atoms with van der Waals surface area (Å²) in [5.41, 5.74) is 3.00. The van der Waals surface area contributed by atoms with Crippen molar-refractivity contribution in [3.05, 3.63) is 144 Å². The summed E-state index contributed by atoms with van der Waals surface area (Å²) in [5, 5.41) is 10.1. The Morgan fingerprint density at radius 3 is 1.24 bits per heavy atom. The number of aliphatic hydroxyl groups excluding tert-OH is 1. The number of benzene rings is 4. The second-order valence-corrected chi connectivity index (χ2v) is 14.8. The predicted molar refractivity (Wildman–Crippen MR) is 194 cm³/mol.